The number of rotatable bonds is 6. The van der Waals surface area contributed by atoms with Crippen LogP contribution in [0.4, 0.5) is 0 Å². The Morgan fingerprint density at radius 1 is 0.821 bits per heavy atom. The van der Waals surface area contributed by atoms with Gasteiger partial charge in [0, 0.05) is 0 Å². The van der Waals surface area contributed by atoms with E-state index < -0.39 is 11.2 Å². The minimum absolute atomic E-state index is 0.0244. The van der Waals surface area contributed by atoms with Crippen molar-refractivity contribution in [3.63, 3.8) is 0 Å². The maximum Gasteiger partial charge on any atom is 0.211 e. The third-order valence-corrected chi connectivity index (χ3v) is 4.37. The maximum atomic E-state index is 13.2. The molecule has 0 aliphatic carbocycles. The van der Waals surface area contributed by atoms with E-state index in [0.717, 1.165) is 0 Å². The van der Waals surface area contributed by atoms with Crippen LogP contribution in [0.5, 0.6) is 34.5 Å². The molecule has 0 fully saturated rings. The second kappa shape index (κ2) is 7.59. The van der Waals surface area contributed by atoms with Crippen molar-refractivity contribution in [2.45, 2.75) is 0 Å². The van der Waals surface area contributed by atoms with E-state index >= 15 is 0 Å². The Balaban J connectivity index is 2.36. The standard InChI is InChI=1S/C20H20O8/c1-23-12-7-6-10(8-13(12)24-2)11-9-28-17-14(15(11)21)16(22)18(25-3)20(27-5)19(17)26-4/h6-9,22H,1-5H3. The van der Waals surface area contributed by atoms with Crippen molar-refractivity contribution < 1.29 is 33.2 Å². The van der Waals surface area contributed by atoms with Gasteiger partial charge < -0.3 is 33.2 Å². The number of phenols is 1. The number of methoxy groups -OCH3 is 5. The highest BCUT2D eigenvalue weighted by atomic mass is 16.5. The van der Waals surface area contributed by atoms with Crippen molar-refractivity contribution in [3.05, 3.63) is 34.7 Å². The summed E-state index contributed by atoms with van der Waals surface area (Å²) in [5.41, 5.74) is 0.330. The highest BCUT2D eigenvalue weighted by Crippen LogP contribution is 2.49. The molecule has 0 saturated heterocycles. The van der Waals surface area contributed by atoms with Gasteiger partial charge in [0.2, 0.25) is 22.7 Å². The van der Waals surface area contributed by atoms with Gasteiger partial charge in [-0.05, 0) is 17.7 Å². The quantitative estimate of drug-likeness (QED) is 0.688. The monoisotopic (exact) mass is 388 g/mol. The predicted molar refractivity (Wildman–Crippen MR) is 102 cm³/mol. The summed E-state index contributed by atoms with van der Waals surface area (Å²) in [4.78, 5) is 13.2. The molecule has 3 aromatic rings. The number of fused-ring (bicyclic) bond motifs is 1. The van der Waals surface area contributed by atoms with Gasteiger partial charge in [-0.3, -0.25) is 4.79 Å². The molecule has 0 aliphatic heterocycles. The second-order valence-electron chi connectivity index (χ2n) is 5.70. The smallest absolute Gasteiger partial charge is 0.211 e. The lowest BCUT2D eigenvalue weighted by Crippen LogP contribution is -2.07. The Kier molecular flexibility index (Phi) is 5.21. The molecule has 148 valence electrons. The Labute approximate surface area is 160 Å². The van der Waals surface area contributed by atoms with Crippen LogP contribution in [0.2, 0.25) is 0 Å². The minimum atomic E-state index is -0.467. The highest BCUT2D eigenvalue weighted by molar-refractivity contribution is 5.96. The van der Waals surface area contributed by atoms with Crippen molar-refractivity contribution in [3.8, 4) is 45.6 Å². The lowest BCUT2D eigenvalue weighted by atomic mass is 10.0. The average molecular weight is 388 g/mol. The van der Waals surface area contributed by atoms with Crippen molar-refractivity contribution in [2.24, 2.45) is 0 Å². The molecule has 1 aromatic heterocycles. The van der Waals surface area contributed by atoms with Crippen LogP contribution in [-0.4, -0.2) is 40.7 Å². The van der Waals surface area contributed by atoms with Gasteiger partial charge >= 0.3 is 0 Å². The number of ether oxygens (including phenoxy) is 5. The fourth-order valence-corrected chi connectivity index (χ4v) is 3.04. The Morgan fingerprint density at radius 3 is 2.04 bits per heavy atom. The Bertz CT molecular complexity index is 1080. The number of hydrogen-bond acceptors (Lipinski definition) is 8. The van der Waals surface area contributed by atoms with Crippen molar-refractivity contribution in [1.82, 2.24) is 0 Å². The molecule has 0 amide bonds. The molecular weight excluding hydrogens is 368 g/mol. The Hall–Kier alpha value is -3.55. The second-order valence-corrected chi connectivity index (χ2v) is 5.70. The average Bonchev–Trinajstić information content (AvgIpc) is 2.72. The van der Waals surface area contributed by atoms with Gasteiger partial charge in [-0.1, -0.05) is 6.07 Å². The molecule has 2 aromatic carbocycles. The van der Waals surface area contributed by atoms with E-state index in [2.05, 4.69) is 0 Å². The normalized spacial score (nSPS) is 10.6. The summed E-state index contributed by atoms with van der Waals surface area (Å²) in [6.45, 7) is 0. The topological polar surface area (TPSA) is 96.6 Å². The van der Waals surface area contributed by atoms with Gasteiger partial charge in [0.15, 0.2) is 22.8 Å². The third kappa shape index (κ3) is 2.83. The van der Waals surface area contributed by atoms with E-state index in [0.29, 0.717) is 17.1 Å². The minimum Gasteiger partial charge on any atom is -0.504 e. The van der Waals surface area contributed by atoms with E-state index in [1.165, 1.54) is 41.8 Å². The predicted octanol–water partition coefficient (Wildman–Crippen LogP) is 3.21. The summed E-state index contributed by atoms with van der Waals surface area (Å²) in [7, 11) is 7.16. The van der Waals surface area contributed by atoms with Gasteiger partial charge in [-0.2, -0.15) is 0 Å². The third-order valence-electron chi connectivity index (χ3n) is 4.37. The van der Waals surface area contributed by atoms with Crippen molar-refractivity contribution in [1.29, 1.82) is 0 Å². The summed E-state index contributed by atoms with van der Waals surface area (Å²) in [6.07, 6.45) is 1.29. The fourth-order valence-electron chi connectivity index (χ4n) is 3.04. The molecule has 1 N–H and O–H groups in total. The van der Waals surface area contributed by atoms with Gasteiger partial charge in [-0.25, -0.2) is 0 Å². The molecular formula is C20H20O8. The molecule has 0 bridgehead atoms. The number of aromatic hydroxyl groups is 1. The zero-order valence-electron chi connectivity index (χ0n) is 16.1. The lowest BCUT2D eigenvalue weighted by molar-refractivity contribution is 0.311. The first-order chi connectivity index (χ1) is 13.5. The van der Waals surface area contributed by atoms with Crippen molar-refractivity contribution in [2.75, 3.05) is 35.5 Å². The SMILES string of the molecule is COc1ccc(-c2coc3c(OC)c(OC)c(OC)c(O)c3c2=O)cc1OC. The zero-order chi connectivity index (χ0) is 20.4. The lowest BCUT2D eigenvalue weighted by Gasteiger charge is -2.16. The van der Waals surface area contributed by atoms with Crippen molar-refractivity contribution >= 4 is 11.0 Å². The molecule has 8 nitrogen and oxygen atoms in total. The van der Waals surface area contributed by atoms with Crippen LogP contribution in [0.15, 0.2) is 33.7 Å². The van der Waals surface area contributed by atoms with E-state index in [1.807, 2.05) is 0 Å². The number of phenolic OH excluding ortho intramolecular Hbond substituents is 1. The molecule has 28 heavy (non-hydrogen) atoms. The molecule has 1 heterocycles. The van der Waals surface area contributed by atoms with Crippen LogP contribution in [-0.2, 0) is 0 Å². The largest absolute Gasteiger partial charge is 0.504 e. The molecule has 3 rings (SSSR count). The Morgan fingerprint density at radius 2 is 1.46 bits per heavy atom. The summed E-state index contributed by atoms with van der Waals surface area (Å²) in [5, 5.41) is 10.6. The highest BCUT2D eigenvalue weighted by Gasteiger charge is 2.27. The first-order valence-electron chi connectivity index (χ1n) is 8.21. The van der Waals surface area contributed by atoms with Crippen LogP contribution < -0.4 is 29.1 Å². The van der Waals surface area contributed by atoms with Crippen LogP contribution in [0.1, 0.15) is 0 Å². The fraction of sp³-hybridized carbons (Fsp3) is 0.250. The first kappa shape index (κ1) is 19.2. The van der Waals surface area contributed by atoms with Gasteiger partial charge in [-0.15, -0.1) is 0 Å². The number of hydrogen-bond donors (Lipinski definition) is 1. The van der Waals surface area contributed by atoms with E-state index in [9.17, 15) is 9.90 Å². The zero-order valence-corrected chi connectivity index (χ0v) is 16.1. The van der Waals surface area contributed by atoms with Crippen LogP contribution >= 0.6 is 0 Å². The van der Waals surface area contributed by atoms with Crippen LogP contribution in [0.3, 0.4) is 0 Å². The first-order valence-corrected chi connectivity index (χ1v) is 8.21. The van der Waals surface area contributed by atoms with Gasteiger partial charge in [0.05, 0.1) is 41.1 Å². The van der Waals surface area contributed by atoms with E-state index in [1.54, 1.807) is 18.2 Å². The van der Waals surface area contributed by atoms with Crippen LogP contribution in [0, 0.1) is 0 Å². The maximum absolute atomic E-state index is 13.2. The van der Waals surface area contributed by atoms with Gasteiger partial charge in [0.25, 0.3) is 0 Å². The molecule has 0 atom stereocenters. The van der Waals surface area contributed by atoms with Crippen LogP contribution in [0.25, 0.3) is 22.1 Å². The summed E-state index contributed by atoms with van der Waals surface area (Å²) >= 11 is 0. The molecule has 0 unspecified atom stereocenters. The number of benzene rings is 2. The summed E-state index contributed by atoms with van der Waals surface area (Å²) in [6, 6.07) is 5.01. The molecule has 0 spiro atoms. The molecule has 0 saturated carbocycles. The summed E-state index contributed by atoms with van der Waals surface area (Å²) < 4.78 is 32.0. The summed E-state index contributed by atoms with van der Waals surface area (Å²) in [5.74, 6) is 0.816. The molecule has 8 heteroatoms. The molecule has 0 aliphatic rings. The van der Waals surface area contributed by atoms with Gasteiger partial charge in [0.1, 0.15) is 11.6 Å². The molecule has 0 radical (unpaired) electrons. The van der Waals surface area contributed by atoms with E-state index in [4.69, 9.17) is 28.1 Å². The van der Waals surface area contributed by atoms with E-state index in [-0.39, 0.29) is 33.8 Å².